The third-order valence-corrected chi connectivity index (χ3v) is 3.81. The van der Waals surface area contributed by atoms with Crippen molar-refractivity contribution >= 4 is 33.6 Å². The van der Waals surface area contributed by atoms with Crippen molar-refractivity contribution in [1.29, 1.82) is 0 Å². The molecule has 1 aromatic carbocycles. The smallest absolute Gasteiger partial charge is 0.338 e. The van der Waals surface area contributed by atoms with Crippen LogP contribution >= 0.6 is 0 Å². The van der Waals surface area contributed by atoms with Crippen molar-refractivity contribution < 1.29 is 27.5 Å². The minimum absolute atomic E-state index is 0.0655. The Morgan fingerprint density at radius 1 is 1.24 bits per heavy atom. The fraction of sp³-hybridized carbons (Fsp3) is 0.400. The van der Waals surface area contributed by atoms with Crippen LogP contribution in [0, 0.1) is 0 Å². The second-order valence-electron chi connectivity index (χ2n) is 5.74. The van der Waals surface area contributed by atoms with E-state index >= 15 is 0 Å². The number of imide groups is 1. The third-order valence-electron chi connectivity index (χ3n) is 3.20. The van der Waals surface area contributed by atoms with E-state index in [4.69, 9.17) is 4.74 Å². The van der Waals surface area contributed by atoms with Crippen LogP contribution < -0.4 is 15.4 Å². The van der Waals surface area contributed by atoms with E-state index in [-0.39, 0.29) is 17.3 Å². The molecule has 10 heteroatoms. The molecule has 2 rings (SSSR count). The first-order valence-electron chi connectivity index (χ1n) is 7.54. The first kappa shape index (κ1) is 18.7. The van der Waals surface area contributed by atoms with Crippen molar-refractivity contribution in [3.8, 4) is 0 Å². The van der Waals surface area contributed by atoms with Gasteiger partial charge in [-0.2, -0.15) is 0 Å². The topological polar surface area (TPSA) is 131 Å². The number of hydrogen-bond acceptors (Lipinski definition) is 6. The number of hydrogen-bond donors (Lipinski definition) is 3. The summed E-state index contributed by atoms with van der Waals surface area (Å²) in [7, 11) is -3.49. The van der Waals surface area contributed by atoms with Gasteiger partial charge >= 0.3 is 12.0 Å². The zero-order chi connectivity index (χ0) is 18.6. The first-order valence-corrected chi connectivity index (χ1v) is 9.43. The first-order chi connectivity index (χ1) is 11.6. The number of anilines is 1. The molecule has 1 aliphatic rings. The van der Waals surface area contributed by atoms with E-state index in [2.05, 4.69) is 15.4 Å². The summed E-state index contributed by atoms with van der Waals surface area (Å²) in [6.45, 7) is 1.33. The van der Waals surface area contributed by atoms with Crippen molar-refractivity contribution in [2.45, 2.75) is 31.9 Å². The fourth-order valence-electron chi connectivity index (χ4n) is 1.87. The lowest BCUT2D eigenvalue weighted by molar-refractivity contribution is -0.127. The number of carbonyl (C=O) groups excluding carboxylic acids is 3. The Morgan fingerprint density at radius 3 is 2.52 bits per heavy atom. The number of ether oxygens (including phenoxy) is 1. The third kappa shape index (κ3) is 6.42. The molecule has 3 N–H and O–H groups in total. The molecule has 0 aliphatic heterocycles. The summed E-state index contributed by atoms with van der Waals surface area (Å²) in [5, 5.41) is 4.67. The van der Waals surface area contributed by atoms with Crippen molar-refractivity contribution in [2.24, 2.45) is 0 Å². The molecule has 0 heterocycles. The highest BCUT2D eigenvalue weighted by Crippen LogP contribution is 2.18. The lowest BCUT2D eigenvalue weighted by Gasteiger charge is -2.13. The van der Waals surface area contributed by atoms with Gasteiger partial charge in [-0.1, -0.05) is 6.07 Å². The standard InChI is InChI=1S/C15H19N3O6S/c1-9(13(19)17-15(21)16-11-6-7-11)24-14(20)10-4-3-5-12(8-10)18-25(2,22)23/h3-5,8-9,11,18H,6-7H2,1-2H3,(H2,16,17,19,21)/t9-/m1/s1. The van der Waals surface area contributed by atoms with Crippen LogP contribution in [0.2, 0.25) is 0 Å². The highest BCUT2D eigenvalue weighted by molar-refractivity contribution is 7.92. The van der Waals surface area contributed by atoms with Crippen LogP contribution in [0.3, 0.4) is 0 Å². The van der Waals surface area contributed by atoms with E-state index in [0.717, 1.165) is 19.1 Å². The molecule has 0 saturated heterocycles. The highest BCUT2D eigenvalue weighted by Gasteiger charge is 2.26. The molecule has 0 spiro atoms. The maximum atomic E-state index is 12.1. The number of benzene rings is 1. The van der Waals surface area contributed by atoms with Crippen LogP contribution in [0.15, 0.2) is 24.3 Å². The van der Waals surface area contributed by atoms with Crippen molar-refractivity contribution in [3.05, 3.63) is 29.8 Å². The van der Waals surface area contributed by atoms with E-state index in [9.17, 15) is 22.8 Å². The number of carbonyl (C=O) groups is 3. The van der Waals surface area contributed by atoms with Gasteiger partial charge in [-0.25, -0.2) is 18.0 Å². The predicted molar refractivity (Wildman–Crippen MR) is 89.5 cm³/mol. The monoisotopic (exact) mass is 369 g/mol. The number of esters is 1. The quantitative estimate of drug-likeness (QED) is 0.629. The number of sulfonamides is 1. The SMILES string of the molecule is C[C@@H](OC(=O)c1cccc(NS(C)(=O)=O)c1)C(=O)NC(=O)NC1CC1. The Balaban J connectivity index is 1.92. The average molecular weight is 369 g/mol. The molecule has 0 radical (unpaired) electrons. The Hall–Kier alpha value is -2.62. The van der Waals surface area contributed by atoms with E-state index in [1.54, 1.807) is 0 Å². The van der Waals surface area contributed by atoms with E-state index in [0.29, 0.717) is 0 Å². The maximum Gasteiger partial charge on any atom is 0.338 e. The van der Waals surface area contributed by atoms with Gasteiger partial charge in [0.2, 0.25) is 10.0 Å². The summed E-state index contributed by atoms with van der Waals surface area (Å²) in [6.07, 6.45) is 1.55. The second-order valence-corrected chi connectivity index (χ2v) is 7.49. The summed E-state index contributed by atoms with van der Waals surface area (Å²) >= 11 is 0. The highest BCUT2D eigenvalue weighted by atomic mass is 32.2. The Bertz CT molecular complexity index is 788. The summed E-state index contributed by atoms with van der Waals surface area (Å²) in [5.74, 6) is -1.57. The average Bonchev–Trinajstić information content (AvgIpc) is 3.29. The van der Waals surface area contributed by atoms with Gasteiger partial charge < -0.3 is 10.1 Å². The lowest BCUT2D eigenvalue weighted by atomic mass is 10.2. The molecule has 25 heavy (non-hydrogen) atoms. The number of urea groups is 1. The van der Waals surface area contributed by atoms with Gasteiger partial charge in [0.05, 0.1) is 11.8 Å². The summed E-state index contributed by atoms with van der Waals surface area (Å²) in [5.41, 5.74) is 0.258. The molecule has 0 bridgehead atoms. The summed E-state index contributed by atoms with van der Waals surface area (Å²) < 4.78 is 29.7. The summed E-state index contributed by atoms with van der Waals surface area (Å²) in [6, 6.07) is 5.10. The molecule has 3 amide bonds. The van der Waals surface area contributed by atoms with Crippen molar-refractivity contribution in [1.82, 2.24) is 10.6 Å². The maximum absolute atomic E-state index is 12.1. The molecular weight excluding hydrogens is 350 g/mol. The molecule has 136 valence electrons. The number of nitrogens with one attached hydrogen (secondary N) is 3. The van der Waals surface area contributed by atoms with Crippen LogP contribution in [0.25, 0.3) is 0 Å². The van der Waals surface area contributed by atoms with Crippen LogP contribution in [-0.2, 0) is 19.6 Å². The summed E-state index contributed by atoms with van der Waals surface area (Å²) in [4.78, 5) is 35.4. The molecule has 1 fully saturated rings. The molecule has 1 atom stereocenters. The van der Waals surface area contributed by atoms with E-state index in [1.165, 1.54) is 31.2 Å². The Kier molecular flexibility index (Phi) is 5.62. The molecule has 1 aliphatic carbocycles. The van der Waals surface area contributed by atoms with E-state index < -0.39 is 34.0 Å². The molecule has 0 unspecified atom stereocenters. The van der Waals surface area contributed by atoms with Gasteiger partial charge in [0.1, 0.15) is 0 Å². The fourth-order valence-corrected chi connectivity index (χ4v) is 2.42. The normalized spacial score (nSPS) is 15.0. The predicted octanol–water partition coefficient (Wildman–Crippen LogP) is 0.592. The van der Waals surface area contributed by atoms with Gasteiger partial charge in [-0.15, -0.1) is 0 Å². The van der Waals surface area contributed by atoms with Gasteiger partial charge in [-0.05, 0) is 38.0 Å². The van der Waals surface area contributed by atoms with Crippen molar-refractivity contribution in [2.75, 3.05) is 11.0 Å². The van der Waals surface area contributed by atoms with Crippen LogP contribution in [0.5, 0.6) is 0 Å². The van der Waals surface area contributed by atoms with Crippen LogP contribution in [0.1, 0.15) is 30.1 Å². The second kappa shape index (κ2) is 7.51. The van der Waals surface area contributed by atoms with E-state index in [1.807, 2.05) is 0 Å². The molecule has 0 aromatic heterocycles. The van der Waals surface area contributed by atoms with Crippen molar-refractivity contribution in [3.63, 3.8) is 0 Å². The largest absolute Gasteiger partial charge is 0.449 e. The molecule has 1 saturated carbocycles. The molecule has 9 nitrogen and oxygen atoms in total. The minimum atomic E-state index is -3.49. The molecular formula is C15H19N3O6S. The number of rotatable bonds is 6. The lowest BCUT2D eigenvalue weighted by Crippen LogP contribution is -2.45. The van der Waals surface area contributed by atoms with Gasteiger partial charge in [0, 0.05) is 11.7 Å². The Labute approximate surface area is 145 Å². The van der Waals surface area contributed by atoms with Gasteiger partial charge in [0.25, 0.3) is 5.91 Å². The van der Waals surface area contributed by atoms with Crippen LogP contribution in [-0.4, -0.2) is 44.7 Å². The van der Waals surface area contributed by atoms with Crippen LogP contribution in [0.4, 0.5) is 10.5 Å². The minimum Gasteiger partial charge on any atom is -0.449 e. The zero-order valence-electron chi connectivity index (χ0n) is 13.7. The van der Waals surface area contributed by atoms with Gasteiger partial charge in [-0.3, -0.25) is 14.8 Å². The zero-order valence-corrected chi connectivity index (χ0v) is 14.6. The molecule has 1 aromatic rings. The van der Waals surface area contributed by atoms with Gasteiger partial charge in [0.15, 0.2) is 6.10 Å². The number of amides is 3. The Morgan fingerprint density at radius 2 is 1.92 bits per heavy atom.